The second-order valence-electron chi connectivity index (χ2n) is 7.28. The van der Waals surface area contributed by atoms with E-state index >= 15 is 0 Å². The van der Waals surface area contributed by atoms with Gasteiger partial charge in [-0.3, -0.25) is 4.68 Å². The van der Waals surface area contributed by atoms with Gasteiger partial charge in [-0.1, -0.05) is 0 Å². The third-order valence-corrected chi connectivity index (χ3v) is 5.05. The van der Waals surface area contributed by atoms with Crippen LogP contribution in [0.15, 0.2) is 47.8 Å². The van der Waals surface area contributed by atoms with Crippen LogP contribution >= 0.6 is 0 Å². The Morgan fingerprint density at radius 1 is 1.29 bits per heavy atom. The van der Waals surface area contributed by atoms with Crippen LogP contribution in [-0.2, 0) is 18.8 Å². The topological polar surface area (TPSA) is 125 Å². The van der Waals surface area contributed by atoms with Crippen molar-refractivity contribution >= 4 is 17.2 Å². The first-order chi connectivity index (χ1) is 15.0. The normalized spacial score (nSPS) is 15.6. The zero-order valence-electron chi connectivity index (χ0n) is 17.4. The van der Waals surface area contributed by atoms with Crippen LogP contribution in [0, 0.1) is 6.92 Å². The maximum absolute atomic E-state index is 6.19. The number of rotatable bonds is 4. The predicted octanol–water partition coefficient (Wildman–Crippen LogP) is 1.29. The first-order valence-electron chi connectivity index (χ1n) is 9.80. The fourth-order valence-corrected chi connectivity index (χ4v) is 3.55. The van der Waals surface area contributed by atoms with Crippen molar-refractivity contribution in [2.24, 2.45) is 24.8 Å². The molecule has 0 aliphatic carbocycles. The van der Waals surface area contributed by atoms with Crippen molar-refractivity contribution in [3.8, 4) is 22.9 Å². The lowest BCUT2D eigenvalue weighted by molar-refractivity contribution is 0.266. The summed E-state index contributed by atoms with van der Waals surface area (Å²) in [6, 6.07) is 1.96. The number of aryl methyl sites for hydroxylation is 3. The highest BCUT2D eigenvalue weighted by atomic mass is 16.5. The van der Waals surface area contributed by atoms with Crippen LogP contribution < -0.4 is 11.1 Å². The summed E-state index contributed by atoms with van der Waals surface area (Å²) in [5.74, 6) is 2.38. The van der Waals surface area contributed by atoms with Crippen LogP contribution in [0.1, 0.15) is 5.56 Å². The van der Waals surface area contributed by atoms with Gasteiger partial charge in [-0.05, 0) is 18.6 Å². The Morgan fingerprint density at radius 2 is 2.16 bits per heavy atom. The van der Waals surface area contributed by atoms with Crippen molar-refractivity contribution < 1.29 is 4.74 Å². The minimum Gasteiger partial charge on any atom is -0.477 e. The smallest absolute Gasteiger partial charge is 0.218 e. The van der Waals surface area contributed by atoms with E-state index in [4.69, 9.17) is 15.5 Å². The van der Waals surface area contributed by atoms with Gasteiger partial charge in [-0.25, -0.2) is 19.5 Å². The molecule has 4 aromatic heterocycles. The summed E-state index contributed by atoms with van der Waals surface area (Å²) in [6.45, 7) is 3.34. The third-order valence-electron chi connectivity index (χ3n) is 5.05. The van der Waals surface area contributed by atoms with Gasteiger partial charge in [0.1, 0.15) is 18.0 Å². The van der Waals surface area contributed by atoms with Gasteiger partial charge < -0.3 is 20.4 Å². The molecule has 0 radical (unpaired) electrons. The second-order valence-corrected chi connectivity index (χ2v) is 7.28. The number of nitrogens with zero attached hydrogens (tertiary/aromatic N) is 8. The molecular formula is C20H22N10O. The van der Waals surface area contributed by atoms with Gasteiger partial charge in [0.2, 0.25) is 5.82 Å². The molecule has 0 bridgehead atoms. The molecule has 0 unspecified atom stereocenters. The Bertz CT molecular complexity index is 1330. The molecule has 158 valence electrons. The number of hydrogen-bond acceptors (Lipinski definition) is 7. The molecule has 1 fully saturated rings. The molecule has 5 rings (SSSR count). The van der Waals surface area contributed by atoms with Gasteiger partial charge in [-0.2, -0.15) is 5.10 Å². The molecule has 0 amide bonds. The predicted molar refractivity (Wildman–Crippen MR) is 115 cm³/mol. The molecule has 0 aromatic carbocycles. The molecule has 11 nitrogen and oxygen atoms in total. The summed E-state index contributed by atoms with van der Waals surface area (Å²) in [6.07, 6.45) is 9.03. The van der Waals surface area contributed by atoms with Crippen molar-refractivity contribution in [1.82, 2.24) is 39.2 Å². The number of ether oxygens (including phenoxy) is 1. The van der Waals surface area contributed by atoms with Crippen molar-refractivity contribution in [3.05, 3.63) is 48.4 Å². The van der Waals surface area contributed by atoms with E-state index in [0.29, 0.717) is 30.0 Å². The average Bonchev–Trinajstić information content (AvgIpc) is 3.51. The van der Waals surface area contributed by atoms with Crippen LogP contribution in [0.25, 0.3) is 28.4 Å². The van der Waals surface area contributed by atoms with Crippen LogP contribution in [0.5, 0.6) is 0 Å². The highest BCUT2D eigenvalue weighted by Gasteiger charge is 2.19. The lowest BCUT2D eigenvalue weighted by Gasteiger charge is -2.06. The van der Waals surface area contributed by atoms with Crippen molar-refractivity contribution in [3.63, 3.8) is 0 Å². The molecule has 0 saturated carbocycles. The maximum Gasteiger partial charge on any atom is 0.218 e. The molecule has 4 aromatic rings. The van der Waals surface area contributed by atoms with E-state index in [1.807, 2.05) is 50.2 Å². The van der Waals surface area contributed by atoms with Gasteiger partial charge in [-0.15, -0.1) is 5.10 Å². The quantitative estimate of drug-likeness (QED) is 0.378. The number of imidazole rings is 1. The Balaban J connectivity index is 1.71. The number of hydrogen-bond donors (Lipinski definition) is 2. The Labute approximate surface area is 177 Å². The van der Waals surface area contributed by atoms with E-state index in [2.05, 4.69) is 25.5 Å². The highest BCUT2D eigenvalue weighted by molar-refractivity contribution is 5.95. The van der Waals surface area contributed by atoms with E-state index in [1.54, 1.807) is 21.5 Å². The monoisotopic (exact) mass is 418 g/mol. The number of amidine groups is 1. The Morgan fingerprint density at radius 3 is 2.84 bits per heavy atom. The summed E-state index contributed by atoms with van der Waals surface area (Å²) in [5, 5.41) is 12.3. The van der Waals surface area contributed by atoms with Gasteiger partial charge in [0.05, 0.1) is 12.2 Å². The van der Waals surface area contributed by atoms with Crippen molar-refractivity contribution in [1.29, 1.82) is 0 Å². The molecular weight excluding hydrogens is 396 g/mol. The standard InChI is InChI=1S/C20H22N10O/c1-12-13(14-4-7-29(3)26-14)11-30-17(12)18(24-15(21)10-16-22-6-9-31-16)25-19(27-30)20-23-5-8-28(20)2/h4-5,7-8,10-11,22H,6,9H2,1-3H3,(H2,21,24,25,27)/b16-10+. The van der Waals surface area contributed by atoms with E-state index < -0.39 is 0 Å². The van der Waals surface area contributed by atoms with Crippen molar-refractivity contribution in [2.75, 3.05) is 13.2 Å². The zero-order chi connectivity index (χ0) is 21.5. The van der Waals surface area contributed by atoms with Gasteiger partial charge in [0, 0.05) is 50.5 Å². The zero-order valence-corrected chi connectivity index (χ0v) is 17.4. The van der Waals surface area contributed by atoms with Crippen LogP contribution in [0.3, 0.4) is 0 Å². The molecule has 11 heteroatoms. The first-order valence-corrected chi connectivity index (χ1v) is 9.80. The number of fused-ring (bicyclic) bond motifs is 1. The maximum atomic E-state index is 6.19. The number of nitrogens with two attached hydrogens (primary N) is 1. The molecule has 0 spiro atoms. The molecule has 1 aliphatic heterocycles. The van der Waals surface area contributed by atoms with Gasteiger partial charge in [0.15, 0.2) is 17.5 Å². The molecule has 31 heavy (non-hydrogen) atoms. The molecule has 0 atom stereocenters. The second kappa shape index (κ2) is 7.27. The Hall–Kier alpha value is -4.15. The minimum absolute atomic E-state index is 0.274. The number of aliphatic imine (C=N–C) groups is 1. The fourth-order valence-electron chi connectivity index (χ4n) is 3.55. The van der Waals surface area contributed by atoms with Crippen LogP contribution in [-0.4, -0.2) is 52.9 Å². The summed E-state index contributed by atoms with van der Waals surface area (Å²) < 4.78 is 10.8. The summed E-state index contributed by atoms with van der Waals surface area (Å²) in [4.78, 5) is 13.7. The van der Waals surface area contributed by atoms with E-state index in [1.165, 1.54) is 0 Å². The summed E-state index contributed by atoms with van der Waals surface area (Å²) >= 11 is 0. The minimum atomic E-state index is 0.274. The lowest BCUT2D eigenvalue weighted by atomic mass is 10.1. The van der Waals surface area contributed by atoms with E-state index in [9.17, 15) is 0 Å². The lowest BCUT2D eigenvalue weighted by Crippen LogP contribution is -2.13. The SMILES string of the molecule is Cc1c(-c2ccn(C)n2)cn2nc(-c3nccn3C)nc(N=C(N)/C=C3\NCCO3)c12. The third kappa shape index (κ3) is 3.39. The number of nitrogens with one attached hydrogen (secondary N) is 1. The van der Waals surface area contributed by atoms with E-state index in [0.717, 1.165) is 28.9 Å². The fraction of sp³-hybridized carbons (Fsp3) is 0.250. The van der Waals surface area contributed by atoms with E-state index in [-0.39, 0.29) is 5.84 Å². The molecule has 5 heterocycles. The van der Waals surface area contributed by atoms with Crippen molar-refractivity contribution in [2.45, 2.75) is 6.92 Å². The summed E-state index contributed by atoms with van der Waals surface area (Å²) in [7, 11) is 3.78. The van der Waals surface area contributed by atoms with Crippen LogP contribution in [0.2, 0.25) is 0 Å². The first kappa shape index (κ1) is 18.9. The highest BCUT2D eigenvalue weighted by Crippen LogP contribution is 2.32. The molecule has 1 saturated heterocycles. The van der Waals surface area contributed by atoms with Gasteiger partial charge >= 0.3 is 0 Å². The van der Waals surface area contributed by atoms with Crippen LogP contribution in [0.4, 0.5) is 5.82 Å². The number of aromatic nitrogens is 7. The Kier molecular flexibility index (Phi) is 4.42. The average molecular weight is 418 g/mol. The van der Waals surface area contributed by atoms with Gasteiger partial charge in [0.25, 0.3) is 0 Å². The molecule has 3 N–H and O–H groups in total. The largest absolute Gasteiger partial charge is 0.477 e. The molecule has 1 aliphatic rings. The summed E-state index contributed by atoms with van der Waals surface area (Å²) in [5.41, 5.74) is 9.69.